The Morgan fingerprint density at radius 1 is 0.353 bits per heavy atom. The largest absolute Gasteiger partial charge is 0.0654 e. The molecule has 0 spiro atoms. The predicted octanol–water partition coefficient (Wildman–Crippen LogP) is 6.11. The normalized spacial score (nSPS) is 10.2. The average Bonchev–Trinajstić information content (AvgIpc) is 2.31. The van der Waals surface area contributed by atoms with Crippen molar-refractivity contribution in [1.29, 1.82) is 0 Å². The second-order valence-electron chi connectivity index (χ2n) is 5.24. The van der Waals surface area contributed by atoms with Crippen LogP contribution in [0.15, 0.2) is 0 Å². The van der Waals surface area contributed by atoms with Gasteiger partial charge < -0.3 is 0 Å². The number of hydrogen-bond acceptors (Lipinski definition) is 0. The van der Waals surface area contributed by atoms with E-state index in [-0.39, 0.29) is 23.9 Å². The fraction of sp³-hybridized carbons (Fsp3) is 1.00. The summed E-state index contributed by atoms with van der Waals surface area (Å²) in [4.78, 5) is 0. The van der Waals surface area contributed by atoms with Crippen LogP contribution in [0.25, 0.3) is 0 Å². The molecule has 102 valence electrons. The molecule has 0 saturated heterocycles. The van der Waals surface area contributed by atoms with E-state index in [1.54, 1.807) is 0 Å². The molecule has 0 amide bonds. The summed E-state index contributed by atoms with van der Waals surface area (Å²) in [5.41, 5.74) is 0. The molecule has 0 heterocycles. The Kier molecular flexibility index (Phi) is 22.7. The molecule has 0 aliphatic rings. The van der Waals surface area contributed by atoms with Crippen molar-refractivity contribution in [3.63, 3.8) is 0 Å². The van der Waals surface area contributed by atoms with Crippen LogP contribution in [0.3, 0.4) is 0 Å². The molecule has 0 unspecified atom stereocenters. The SMILES string of the molecule is CCCCCCCCCCCCCCCC.[Sn]. The molecular weight excluding hydrogens is 311 g/mol. The third-order valence-electron chi connectivity index (χ3n) is 3.46. The molecule has 0 saturated carbocycles. The minimum Gasteiger partial charge on any atom is -0.0654 e. The van der Waals surface area contributed by atoms with E-state index in [1.807, 2.05) is 0 Å². The molecule has 0 rings (SSSR count). The van der Waals surface area contributed by atoms with Gasteiger partial charge in [0.05, 0.1) is 0 Å². The summed E-state index contributed by atoms with van der Waals surface area (Å²) in [6, 6.07) is 0. The fourth-order valence-electron chi connectivity index (χ4n) is 2.27. The topological polar surface area (TPSA) is 0 Å². The average molecular weight is 345 g/mol. The number of unbranched alkanes of at least 4 members (excludes halogenated alkanes) is 13. The summed E-state index contributed by atoms with van der Waals surface area (Å²) in [5.74, 6) is 0. The van der Waals surface area contributed by atoms with E-state index in [0.717, 1.165) is 0 Å². The maximum Gasteiger partial charge on any atom is 0 e. The van der Waals surface area contributed by atoms with Crippen molar-refractivity contribution in [1.82, 2.24) is 0 Å². The Morgan fingerprint density at radius 3 is 0.706 bits per heavy atom. The second kappa shape index (κ2) is 19.1. The summed E-state index contributed by atoms with van der Waals surface area (Å²) in [7, 11) is 0. The molecule has 0 bridgehead atoms. The van der Waals surface area contributed by atoms with Gasteiger partial charge in [0.15, 0.2) is 0 Å². The van der Waals surface area contributed by atoms with Gasteiger partial charge >= 0.3 is 0 Å². The van der Waals surface area contributed by atoms with Gasteiger partial charge in [0.2, 0.25) is 0 Å². The van der Waals surface area contributed by atoms with Gasteiger partial charge in [0.25, 0.3) is 0 Å². The molecule has 0 aromatic rings. The van der Waals surface area contributed by atoms with E-state index in [0.29, 0.717) is 0 Å². The van der Waals surface area contributed by atoms with Gasteiger partial charge in [0, 0.05) is 23.9 Å². The van der Waals surface area contributed by atoms with Crippen molar-refractivity contribution < 1.29 is 0 Å². The van der Waals surface area contributed by atoms with E-state index < -0.39 is 0 Å². The quantitative estimate of drug-likeness (QED) is 0.279. The molecule has 0 atom stereocenters. The molecule has 0 fully saturated rings. The summed E-state index contributed by atoms with van der Waals surface area (Å²) < 4.78 is 0. The Morgan fingerprint density at radius 2 is 0.529 bits per heavy atom. The van der Waals surface area contributed by atoms with Gasteiger partial charge in [-0.15, -0.1) is 0 Å². The van der Waals surface area contributed by atoms with E-state index in [9.17, 15) is 0 Å². The van der Waals surface area contributed by atoms with Gasteiger partial charge in [-0.25, -0.2) is 0 Å². The third kappa shape index (κ3) is 19.3. The standard InChI is InChI=1S/C16H34.Sn/c1-3-5-7-9-11-13-15-16-14-12-10-8-6-4-2;/h3-16H2,1-2H3;. The van der Waals surface area contributed by atoms with E-state index in [2.05, 4.69) is 13.8 Å². The van der Waals surface area contributed by atoms with Crippen LogP contribution in [0.2, 0.25) is 0 Å². The molecular formula is C16H34Sn. The van der Waals surface area contributed by atoms with Crippen molar-refractivity contribution in [2.45, 2.75) is 104 Å². The Balaban J connectivity index is 0. The minimum atomic E-state index is 0. The van der Waals surface area contributed by atoms with Crippen molar-refractivity contribution >= 4 is 23.9 Å². The van der Waals surface area contributed by atoms with Crippen LogP contribution >= 0.6 is 0 Å². The van der Waals surface area contributed by atoms with Crippen LogP contribution in [-0.4, -0.2) is 23.9 Å². The summed E-state index contributed by atoms with van der Waals surface area (Å²) in [6.45, 7) is 4.58. The van der Waals surface area contributed by atoms with Crippen LogP contribution < -0.4 is 0 Å². The van der Waals surface area contributed by atoms with Crippen molar-refractivity contribution in [2.24, 2.45) is 0 Å². The molecule has 1 heteroatoms. The van der Waals surface area contributed by atoms with Gasteiger partial charge in [-0.3, -0.25) is 0 Å². The summed E-state index contributed by atoms with van der Waals surface area (Å²) in [5, 5.41) is 0. The van der Waals surface area contributed by atoms with Crippen LogP contribution in [-0.2, 0) is 0 Å². The molecule has 0 aliphatic heterocycles. The molecule has 4 radical (unpaired) electrons. The van der Waals surface area contributed by atoms with E-state index >= 15 is 0 Å². The summed E-state index contributed by atoms with van der Waals surface area (Å²) >= 11 is 0. The Hall–Kier alpha value is 0.799. The first-order valence-electron chi connectivity index (χ1n) is 7.91. The third-order valence-corrected chi connectivity index (χ3v) is 3.46. The predicted molar refractivity (Wildman–Crippen MR) is 81.7 cm³/mol. The zero-order valence-electron chi connectivity index (χ0n) is 12.4. The zero-order valence-corrected chi connectivity index (χ0v) is 15.3. The fourth-order valence-corrected chi connectivity index (χ4v) is 2.27. The number of rotatable bonds is 13. The Labute approximate surface area is 127 Å². The molecule has 0 aromatic heterocycles. The van der Waals surface area contributed by atoms with Crippen molar-refractivity contribution in [2.75, 3.05) is 0 Å². The molecule has 0 aromatic carbocycles. The second-order valence-corrected chi connectivity index (χ2v) is 5.24. The van der Waals surface area contributed by atoms with Gasteiger partial charge in [-0.2, -0.15) is 0 Å². The van der Waals surface area contributed by atoms with Crippen LogP contribution in [0.1, 0.15) is 104 Å². The van der Waals surface area contributed by atoms with E-state index in [1.165, 1.54) is 89.9 Å². The molecule has 0 N–H and O–H groups in total. The molecule has 0 aliphatic carbocycles. The van der Waals surface area contributed by atoms with Gasteiger partial charge in [-0.1, -0.05) is 104 Å². The number of hydrogen-bond donors (Lipinski definition) is 0. The maximum atomic E-state index is 2.29. The maximum absolute atomic E-state index is 2.29. The zero-order chi connectivity index (χ0) is 11.9. The minimum absolute atomic E-state index is 0. The van der Waals surface area contributed by atoms with Crippen LogP contribution in [0, 0.1) is 0 Å². The molecule has 0 nitrogen and oxygen atoms in total. The van der Waals surface area contributed by atoms with Gasteiger partial charge in [-0.05, 0) is 0 Å². The molecule has 17 heavy (non-hydrogen) atoms. The van der Waals surface area contributed by atoms with Crippen LogP contribution in [0.4, 0.5) is 0 Å². The Bertz CT molecular complexity index is 98.1. The monoisotopic (exact) mass is 346 g/mol. The van der Waals surface area contributed by atoms with E-state index in [4.69, 9.17) is 0 Å². The van der Waals surface area contributed by atoms with Crippen molar-refractivity contribution in [3.05, 3.63) is 0 Å². The first-order chi connectivity index (χ1) is 7.91. The van der Waals surface area contributed by atoms with Gasteiger partial charge in [0.1, 0.15) is 0 Å². The van der Waals surface area contributed by atoms with Crippen molar-refractivity contribution in [3.8, 4) is 0 Å². The first-order valence-corrected chi connectivity index (χ1v) is 7.91. The van der Waals surface area contributed by atoms with Crippen LogP contribution in [0.5, 0.6) is 0 Å². The first kappa shape index (κ1) is 20.1. The summed E-state index contributed by atoms with van der Waals surface area (Å²) in [6.07, 6.45) is 20.4. The smallest absolute Gasteiger partial charge is 0 e.